The zero-order valence-electron chi connectivity index (χ0n) is 25.8. The molecule has 13 heteroatoms. The second-order valence-corrected chi connectivity index (χ2v) is 12.5. The molecule has 5 rings (SSSR count). The average molecular weight is 647 g/mol. The Morgan fingerprint density at radius 1 is 1.16 bits per heavy atom. The van der Waals surface area contributed by atoms with Gasteiger partial charge in [0.1, 0.15) is 23.1 Å². The van der Waals surface area contributed by atoms with Gasteiger partial charge in [0.15, 0.2) is 4.32 Å². The topological polar surface area (TPSA) is 123 Å². The number of ether oxygens (including phenoxy) is 1. The molecule has 0 bridgehead atoms. The molecule has 0 aliphatic carbocycles. The quantitative estimate of drug-likeness (QED) is 0.213. The number of carbonyl (C=O) groups excluding carboxylic acids is 2. The lowest BCUT2D eigenvalue weighted by atomic mass is 9.96. The number of para-hydroxylation sites is 1. The summed E-state index contributed by atoms with van der Waals surface area (Å²) < 4.78 is 10.2. The number of rotatable bonds is 7. The van der Waals surface area contributed by atoms with Crippen molar-refractivity contribution in [3.05, 3.63) is 78.3 Å². The number of pyridine rings is 1. The third-order valence-electron chi connectivity index (χ3n) is 8.32. The van der Waals surface area contributed by atoms with Gasteiger partial charge in [0, 0.05) is 32.2 Å². The summed E-state index contributed by atoms with van der Waals surface area (Å²) in [5.74, 6) is -0.619. The summed E-state index contributed by atoms with van der Waals surface area (Å²) in [5, 5.41) is 9.95. The fourth-order valence-electron chi connectivity index (χ4n) is 6.00. The molecule has 1 unspecified atom stereocenters. The summed E-state index contributed by atoms with van der Waals surface area (Å²) >= 11 is 6.72. The van der Waals surface area contributed by atoms with Gasteiger partial charge >= 0.3 is 5.97 Å². The molecule has 1 amide bonds. The maximum atomic E-state index is 14.1. The Morgan fingerprint density at radius 2 is 1.87 bits per heavy atom. The molecule has 11 nitrogen and oxygen atoms in total. The monoisotopic (exact) mass is 646 g/mol. The van der Waals surface area contributed by atoms with Crippen LogP contribution in [0, 0.1) is 31.1 Å². The maximum Gasteiger partial charge on any atom is 0.310 e. The predicted molar refractivity (Wildman–Crippen MR) is 179 cm³/mol. The van der Waals surface area contributed by atoms with Crippen LogP contribution in [0.5, 0.6) is 0 Å². The number of aromatic nitrogens is 3. The number of anilines is 2. The number of carbonyl (C=O) groups is 2. The lowest BCUT2D eigenvalue weighted by Gasteiger charge is -2.36. The van der Waals surface area contributed by atoms with E-state index in [2.05, 4.69) is 0 Å². The van der Waals surface area contributed by atoms with Crippen LogP contribution >= 0.6 is 24.0 Å². The number of hydrogen-bond acceptors (Lipinski definition) is 9. The van der Waals surface area contributed by atoms with E-state index in [9.17, 15) is 24.4 Å². The van der Waals surface area contributed by atoms with Crippen LogP contribution in [0.15, 0.2) is 44.8 Å². The Morgan fingerprint density at radius 3 is 2.51 bits per heavy atom. The standard InChI is InChI=1S/C32H34N6O5S2/c1-6-36-27(35-15-11-12-21(18-35)31(42)43-7-2)23(19(3)24(17-33)28(36)39)16-25-29(40)37(32(44)45-25)26-20(4)34(5)38(30(26)41)22-13-9-8-10-14-22/h8-10,13-14,16,21H,6-7,11-12,15,18H2,1-5H3/b25-16+. The number of benzene rings is 1. The highest BCUT2D eigenvalue weighted by molar-refractivity contribution is 8.27. The van der Waals surface area contributed by atoms with Crippen molar-refractivity contribution in [1.82, 2.24) is 13.9 Å². The Bertz CT molecular complexity index is 1900. The van der Waals surface area contributed by atoms with Crippen LogP contribution in [0.3, 0.4) is 0 Å². The van der Waals surface area contributed by atoms with Crippen molar-refractivity contribution in [2.45, 2.75) is 47.1 Å². The van der Waals surface area contributed by atoms with E-state index in [4.69, 9.17) is 17.0 Å². The fourth-order valence-corrected chi connectivity index (χ4v) is 7.26. The minimum absolute atomic E-state index is 0.0223. The first-order valence-corrected chi connectivity index (χ1v) is 16.0. The van der Waals surface area contributed by atoms with Crippen molar-refractivity contribution >= 4 is 57.8 Å². The number of amides is 1. The molecule has 4 heterocycles. The molecular weight excluding hydrogens is 613 g/mol. The highest BCUT2D eigenvalue weighted by Gasteiger charge is 2.39. The number of nitriles is 1. The molecule has 0 N–H and O–H groups in total. The first-order chi connectivity index (χ1) is 21.5. The average Bonchev–Trinajstić information content (AvgIpc) is 3.42. The van der Waals surface area contributed by atoms with Gasteiger partial charge in [-0.15, -0.1) is 0 Å². The summed E-state index contributed by atoms with van der Waals surface area (Å²) in [6.07, 6.45) is 3.01. The molecule has 0 radical (unpaired) electrons. The Kier molecular flexibility index (Phi) is 9.18. The first kappa shape index (κ1) is 32.0. The van der Waals surface area contributed by atoms with Crippen molar-refractivity contribution in [3.8, 4) is 11.8 Å². The van der Waals surface area contributed by atoms with Crippen LogP contribution < -0.4 is 20.9 Å². The van der Waals surface area contributed by atoms with Crippen molar-refractivity contribution in [3.63, 3.8) is 0 Å². The number of esters is 1. The molecule has 2 aliphatic rings. The summed E-state index contributed by atoms with van der Waals surface area (Å²) in [4.78, 5) is 57.4. The molecule has 2 aromatic heterocycles. The van der Waals surface area contributed by atoms with Crippen LogP contribution in [-0.4, -0.2) is 49.8 Å². The van der Waals surface area contributed by atoms with Crippen LogP contribution in [0.25, 0.3) is 11.8 Å². The molecule has 2 fully saturated rings. The molecule has 1 atom stereocenters. The number of thiocarbonyl (C=S) groups is 1. The SMILES string of the molecule is CCOC(=O)C1CCCN(c2c(/C=C3/SC(=S)N(c4c(C)n(C)n(-c5ccccc5)c4=O)C3=O)c(C)c(C#N)c(=O)n2CC)C1. The van der Waals surface area contributed by atoms with Gasteiger partial charge in [0.25, 0.3) is 17.0 Å². The number of thioether (sulfide) groups is 1. The number of piperidine rings is 1. The van der Waals surface area contributed by atoms with Crippen LogP contribution in [0.4, 0.5) is 11.5 Å². The third-order valence-corrected chi connectivity index (χ3v) is 9.62. The summed E-state index contributed by atoms with van der Waals surface area (Å²) in [6, 6.07) is 11.2. The van der Waals surface area contributed by atoms with Gasteiger partial charge in [-0.2, -0.15) is 5.26 Å². The minimum Gasteiger partial charge on any atom is -0.466 e. The van der Waals surface area contributed by atoms with E-state index < -0.39 is 11.5 Å². The van der Waals surface area contributed by atoms with E-state index in [1.54, 1.807) is 38.6 Å². The van der Waals surface area contributed by atoms with Crippen LogP contribution in [0.2, 0.25) is 0 Å². The molecule has 45 heavy (non-hydrogen) atoms. The smallest absolute Gasteiger partial charge is 0.310 e. The van der Waals surface area contributed by atoms with Gasteiger partial charge in [0.05, 0.1) is 28.8 Å². The molecule has 2 aliphatic heterocycles. The number of hydrogen-bond donors (Lipinski definition) is 0. The highest BCUT2D eigenvalue weighted by atomic mass is 32.2. The van der Waals surface area contributed by atoms with Crippen molar-refractivity contribution in [1.29, 1.82) is 5.26 Å². The normalized spacial score (nSPS) is 17.7. The molecular formula is C32H34N6O5S2. The van der Waals surface area contributed by atoms with E-state index in [1.807, 2.05) is 48.2 Å². The van der Waals surface area contributed by atoms with E-state index in [0.717, 1.165) is 11.8 Å². The Hall–Kier alpha value is -4.41. The minimum atomic E-state index is -0.475. The highest BCUT2D eigenvalue weighted by Crippen LogP contribution is 2.39. The van der Waals surface area contributed by atoms with Gasteiger partial charge in [-0.3, -0.25) is 33.3 Å². The molecule has 1 aromatic carbocycles. The van der Waals surface area contributed by atoms with E-state index >= 15 is 0 Å². The zero-order valence-corrected chi connectivity index (χ0v) is 27.5. The van der Waals surface area contributed by atoms with Gasteiger partial charge in [-0.1, -0.05) is 42.2 Å². The van der Waals surface area contributed by atoms with E-state index in [0.29, 0.717) is 54.3 Å². The lowest BCUT2D eigenvalue weighted by molar-refractivity contribution is -0.148. The summed E-state index contributed by atoms with van der Waals surface area (Å²) in [6.45, 7) is 8.46. The van der Waals surface area contributed by atoms with Crippen LogP contribution in [-0.2, 0) is 27.9 Å². The Labute approximate surface area is 270 Å². The van der Waals surface area contributed by atoms with Gasteiger partial charge < -0.3 is 9.64 Å². The first-order valence-electron chi connectivity index (χ1n) is 14.8. The largest absolute Gasteiger partial charge is 0.466 e. The molecule has 234 valence electrons. The molecule has 2 saturated heterocycles. The summed E-state index contributed by atoms with van der Waals surface area (Å²) in [7, 11) is 1.75. The van der Waals surface area contributed by atoms with Gasteiger partial charge in [-0.05, 0) is 64.3 Å². The summed E-state index contributed by atoms with van der Waals surface area (Å²) in [5.41, 5.74) is 1.46. The molecule has 0 saturated carbocycles. The zero-order chi connectivity index (χ0) is 32.6. The van der Waals surface area contributed by atoms with E-state index in [-0.39, 0.29) is 51.1 Å². The molecule has 0 spiro atoms. The Balaban J connectivity index is 1.63. The van der Waals surface area contributed by atoms with Crippen molar-refractivity contribution < 1.29 is 14.3 Å². The van der Waals surface area contributed by atoms with Crippen LogP contribution in [0.1, 0.15) is 49.1 Å². The second-order valence-electron chi connectivity index (χ2n) is 10.9. The fraction of sp³-hybridized carbons (Fsp3) is 0.375. The lowest BCUT2D eigenvalue weighted by Crippen LogP contribution is -2.43. The number of nitrogens with zero attached hydrogens (tertiary/aromatic N) is 6. The van der Waals surface area contributed by atoms with Gasteiger partial charge in [-0.25, -0.2) is 4.68 Å². The third kappa shape index (κ3) is 5.53. The maximum absolute atomic E-state index is 14.1. The van der Waals surface area contributed by atoms with E-state index in [1.165, 1.54) is 14.1 Å². The van der Waals surface area contributed by atoms with Crippen molar-refractivity contribution in [2.75, 3.05) is 29.5 Å². The predicted octanol–water partition coefficient (Wildman–Crippen LogP) is 4.03. The van der Waals surface area contributed by atoms with Gasteiger partial charge in [0.2, 0.25) is 0 Å². The second kappa shape index (κ2) is 12.9. The molecule has 3 aromatic rings. The van der Waals surface area contributed by atoms with Crippen molar-refractivity contribution in [2.24, 2.45) is 13.0 Å².